The van der Waals surface area contributed by atoms with Gasteiger partial charge in [-0.1, -0.05) is 0 Å². The second-order valence-corrected chi connectivity index (χ2v) is 3.16. The van der Waals surface area contributed by atoms with E-state index in [9.17, 15) is 4.79 Å². The van der Waals surface area contributed by atoms with Gasteiger partial charge in [0.05, 0.1) is 18.9 Å². The van der Waals surface area contributed by atoms with Crippen molar-refractivity contribution in [3.8, 4) is 11.6 Å². The minimum absolute atomic E-state index is 0.379. The second-order valence-electron chi connectivity index (χ2n) is 3.16. The number of aromatic nitrogens is 2. The number of nitrogens with zero attached hydrogens (tertiary/aromatic N) is 2. The Kier molecular flexibility index (Phi) is 3.30. The summed E-state index contributed by atoms with van der Waals surface area (Å²) in [7, 11) is 1.34. The Bertz CT molecular complexity index is 497. The van der Waals surface area contributed by atoms with E-state index in [4.69, 9.17) is 4.74 Å². The first-order chi connectivity index (χ1) is 8.29. The highest BCUT2D eigenvalue weighted by molar-refractivity contribution is 5.89. The largest absolute Gasteiger partial charge is 0.465 e. The number of methoxy groups -OCH3 is 1. The molecule has 0 fully saturated rings. The minimum Gasteiger partial charge on any atom is -0.465 e. The number of hydrogen-bond donors (Lipinski definition) is 0. The van der Waals surface area contributed by atoms with E-state index in [-0.39, 0.29) is 5.97 Å². The van der Waals surface area contributed by atoms with Crippen molar-refractivity contribution in [3.63, 3.8) is 0 Å². The molecule has 0 aliphatic rings. The molecule has 1 heterocycles. The van der Waals surface area contributed by atoms with Crippen LogP contribution in [0.5, 0.6) is 11.6 Å². The van der Waals surface area contributed by atoms with Gasteiger partial charge in [0.2, 0.25) is 5.88 Å². The van der Waals surface area contributed by atoms with Crippen LogP contribution in [0.15, 0.2) is 42.9 Å². The second kappa shape index (κ2) is 5.07. The van der Waals surface area contributed by atoms with Crippen molar-refractivity contribution in [2.75, 3.05) is 7.11 Å². The Hall–Kier alpha value is -2.43. The molecule has 0 unspecified atom stereocenters. The molecule has 0 spiro atoms. The summed E-state index contributed by atoms with van der Waals surface area (Å²) in [4.78, 5) is 19.0. The Labute approximate surface area is 98.0 Å². The summed E-state index contributed by atoms with van der Waals surface area (Å²) in [6.45, 7) is 0. The topological polar surface area (TPSA) is 61.3 Å². The van der Waals surface area contributed by atoms with Crippen LogP contribution in [0.1, 0.15) is 10.4 Å². The van der Waals surface area contributed by atoms with Gasteiger partial charge in [-0.2, -0.15) is 0 Å². The molecule has 86 valence electrons. The van der Waals surface area contributed by atoms with Crippen LogP contribution < -0.4 is 4.74 Å². The van der Waals surface area contributed by atoms with E-state index in [0.717, 1.165) is 0 Å². The van der Waals surface area contributed by atoms with Crippen LogP contribution in [0.2, 0.25) is 0 Å². The van der Waals surface area contributed by atoms with Crippen molar-refractivity contribution in [1.29, 1.82) is 0 Å². The number of hydrogen-bond acceptors (Lipinski definition) is 5. The van der Waals surface area contributed by atoms with Gasteiger partial charge in [-0.25, -0.2) is 9.78 Å². The number of carbonyl (C=O) groups excluding carboxylic acids is 1. The Morgan fingerprint density at radius 2 is 1.94 bits per heavy atom. The molecule has 0 amide bonds. The van der Waals surface area contributed by atoms with Crippen LogP contribution in [0.3, 0.4) is 0 Å². The summed E-state index contributed by atoms with van der Waals surface area (Å²) in [5, 5.41) is 0. The van der Waals surface area contributed by atoms with E-state index in [1.807, 2.05) is 0 Å². The Morgan fingerprint density at radius 3 is 2.53 bits per heavy atom. The Balaban J connectivity index is 2.11. The van der Waals surface area contributed by atoms with Crippen LogP contribution in [0.4, 0.5) is 0 Å². The van der Waals surface area contributed by atoms with Gasteiger partial charge in [-0.3, -0.25) is 4.98 Å². The number of ether oxygens (including phenoxy) is 2. The zero-order valence-electron chi connectivity index (χ0n) is 9.16. The SMILES string of the molecule is COC(=O)c1ccc(Oc2cnccn2)cc1. The fourth-order valence-electron chi connectivity index (χ4n) is 1.24. The highest BCUT2D eigenvalue weighted by Crippen LogP contribution is 2.18. The lowest BCUT2D eigenvalue weighted by atomic mass is 10.2. The number of carbonyl (C=O) groups is 1. The molecular formula is C12H10N2O3. The summed E-state index contributed by atoms with van der Waals surface area (Å²) < 4.78 is 10.0. The molecule has 0 saturated carbocycles. The maximum atomic E-state index is 11.2. The zero-order valence-corrected chi connectivity index (χ0v) is 9.16. The fourth-order valence-corrected chi connectivity index (χ4v) is 1.24. The van der Waals surface area contributed by atoms with E-state index < -0.39 is 0 Å². The molecule has 0 aliphatic carbocycles. The van der Waals surface area contributed by atoms with Crippen molar-refractivity contribution < 1.29 is 14.3 Å². The monoisotopic (exact) mass is 230 g/mol. The normalized spacial score (nSPS) is 9.71. The molecule has 0 aliphatic heterocycles. The summed E-state index contributed by atoms with van der Waals surface area (Å²) >= 11 is 0. The molecular weight excluding hydrogens is 220 g/mol. The Morgan fingerprint density at radius 1 is 1.18 bits per heavy atom. The van der Waals surface area contributed by atoms with Crippen LogP contribution in [0, 0.1) is 0 Å². The molecule has 0 atom stereocenters. The average molecular weight is 230 g/mol. The molecule has 0 bridgehead atoms. The lowest BCUT2D eigenvalue weighted by molar-refractivity contribution is 0.0600. The van der Waals surface area contributed by atoms with E-state index in [0.29, 0.717) is 17.2 Å². The molecule has 5 nitrogen and oxygen atoms in total. The summed E-state index contributed by atoms with van der Waals surface area (Å²) in [6, 6.07) is 6.58. The lowest BCUT2D eigenvalue weighted by Crippen LogP contribution is -2.00. The van der Waals surface area contributed by atoms with Crippen LogP contribution in [-0.4, -0.2) is 23.0 Å². The van der Waals surface area contributed by atoms with Crippen LogP contribution >= 0.6 is 0 Å². The van der Waals surface area contributed by atoms with Crippen LogP contribution in [-0.2, 0) is 4.74 Å². The summed E-state index contributed by atoms with van der Waals surface area (Å²) in [6.07, 6.45) is 4.61. The highest BCUT2D eigenvalue weighted by atomic mass is 16.5. The standard InChI is InChI=1S/C12H10N2O3/c1-16-12(15)9-2-4-10(5-3-9)17-11-8-13-6-7-14-11/h2-8H,1H3. The maximum absolute atomic E-state index is 11.2. The highest BCUT2D eigenvalue weighted by Gasteiger charge is 2.05. The molecule has 2 aromatic rings. The van der Waals surface area contributed by atoms with E-state index in [1.165, 1.54) is 19.5 Å². The minimum atomic E-state index is -0.379. The van der Waals surface area contributed by atoms with Crippen molar-refractivity contribution in [3.05, 3.63) is 48.4 Å². The predicted molar refractivity (Wildman–Crippen MR) is 59.9 cm³/mol. The average Bonchev–Trinajstić information content (AvgIpc) is 2.40. The molecule has 0 radical (unpaired) electrons. The molecule has 2 rings (SSSR count). The number of rotatable bonds is 3. The molecule has 17 heavy (non-hydrogen) atoms. The first kappa shape index (κ1) is 11.1. The quantitative estimate of drug-likeness (QED) is 0.755. The van der Waals surface area contributed by atoms with Crippen molar-refractivity contribution in [2.45, 2.75) is 0 Å². The first-order valence-electron chi connectivity index (χ1n) is 4.92. The number of benzene rings is 1. The van der Waals surface area contributed by atoms with Gasteiger partial charge in [-0.15, -0.1) is 0 Å². The van der Waals surface area contributed by atoms with Gasteiger partial charge in [0.1, 0.15) is 5.75 Å². The third-order valence-electron chi connectivity index (χ3n) is 2.04. The van der Waals surface area contributed by atoms with Crippen molar-refractivity contribution >= 4 is 5.97 Å². The van der Waals surface area contributed by atoms with E-state index in [1.54, 1.807) is 30.5 Å². The number of esters is 1. The first-order valence-corrected chi connectivity index (χ1v) is 4.92. The lowest BCUT2D eigenvalue weighted by Gasteiger charge is -2.04. The third-order valence-corrected chi connectivity index (χ3v) is 2.04. The predicted octanol–water partition coefficient (Wildman–Crippen LogP) is 2.06. The molecule has 5 heteroatoms. The van der Waals surface area contributed by atoms with Gasteiger partial charge in [0.15, 0.2) is 0 Å². The molecule has 0 saturated heterocycles. The molecule has 1 aromatic heterocycles. The molecule has 0 N–H and O–H groups in total. The maximum Gasteiger partial charge on any atom is 0.337 e. The smallest absolute Gasteiger partial charge is 0.337 e. The third kappa shape index (κ3) is 2.78. The van der Waals surface area contributed by atoms with Gasteiger partial charge in [0.25, 0.3) is 0 Å². The summed E-state index contributed by atoms with van der Waals surface area (Å²) in [5.74, 6) is 0.604. The van der Waals surface area contributed by atoms with Crippen LogP contribution in [0.25, 0.3) is 0 Å². The van der Waals surface area contributed by atoms with Gasteiger partial charge in [-0.05, 0) is 24.3 Å². The van der Waals surface area contributed by atoms with Gasteiger partial charge in [0, 0.05) is 12.4 Å². The molecule has 1 aromatic carbocycles. The van der Waals surface area contributed by atoms with Crippen molar-refractivity contribution in [1.82, 2.24) is 9.97 Å². The van der Waals surface area contributed by atoms with Crippen molar-refractivity contribution in [2.24, 2.45) is 0 Å². The van der Waals surface area contributed by atoms with E-state index >= 15 is 0 Å². The summed E-state index contributed by atoms with van der Waals surface area (Å²) in [5.41, 5.74) is 0.471. The fraction of sp³-hybridized carbons (Fsp3) is 0.0833. The van der Waals surface area contributed by atoms with Gasteiger partial charge < -0.3 is 9.47 Å². The zero-order chi connectivity index (χ0) is 12.1. The van der Waals surface area contributed by atoms with Gasteiger partial charge >= 0.3 is 5.97 Å². The van der Waals surface area contributed by atoms with E-state index in [2.05, 4.69) is 14.7 Å².